The third kappa shape index (κ3) is 4.74. The summed E-state index contributed by atoms with van der Waals surface area (Å²) in [4.78, 5) is 18.0. The fourth-order valence-corrected chi connectivity index (χ4v) is 2.38. The fraction of sp³-hybridized carbons (Fsp3) is 0.692. The van der Waals surface area contributed by atoms with Crippen molar-refractivity contribution in [1.29, 1.82) is 0 Å². The van der Waals surface area contributed by atoms with Crippen molar-refractivity contribution >= 4 is 17.3 Å². The van der Waals surface area contributed by atoms with Gasteiger partial charge in [0, 0.05) is 17.8 Å². The molecule has 18 heavy (non-hydrogen) atoms. The minimum absolute atomic E-state index is 0.168. The average molecular weight is 270 g/mol. The van der Waals surface area contributed by atoms with Crippen molar-refractivity contribution in [3.63, 3.8) is 0 Å². The van der Waals surface area contributed by atoms with E-state index in [1.165, 1.54) is 0 Å². The van der Waals surface area contributed by atoms with E-state index in [0.29, 0.717) is 25.6 Å². The molecule has 0 spiro atoms. The third-order valence-electron chi connectivity index (χ3n) is 2.55. The first-order valence-corrected chi connectivity index (χ1v) is 7.27. The second kappa shape index (κ2) is 7.48. The molecule has 1 aromatic rings. The van der Waals surface area contributed by atoms with Crippen molar-refractivity contribution in [3.8, 4) is 0 Å². The number of carbonyl (C=O) groups is 1. The van der Waals surface area contributed by atoms with Crippen LogP contribution in [0.4, 0.5) is 0 Å². The van der Waals surface area contributed by atoms with Crippen LogP contribution in [0.3, 0.4) is 0 Å². The van der Waals surface area contributed by atoms with Gasteiger partial charge >= 0.3 is 5.97 Å². The summed E-state index contributed by atoms with van der Waals surface area (Å²) in [6.45, 7) is 10.4. The minimum Gasteiger partial charge on any atom is -0.465 e. The van der Waals surface area contributed by atoms with E-state index in [4.69, 9.17) is 4.74 Å². The standard InChI is InChI=1S/C13H22N2O2S/c1-5-15(8-12(16)17-6-2)7-11-9-18-13(14-11)10(3)4/h9-10H,5-8H2,1-4H3. The van der Waals surface area contributed by atoms with Crippen LogP contribution in [0.15, 0.2) is 5.38 Å². The van der Waals surface area contributed by atoms with Crippen molar-refractivity contribution in [2.75, 3.05) is 19.7 Å². The van der Waals surface area contributed by atoms with Gasteiger partial charge in [0.25, 0.3) is 0 Å². The second-order valence-corrected chi connectivity index (χ2v) is 5.33. The van der Waals surface area contributed by atoms with Gasteiger partial charge in [-0.3, -0.25) is 9.69 Å². The second-order valence-electron chi connectivity index (χ2n) is 4.44. The number of aromatic nitrogens is 1. The summed E-state index contributed by atoms with van der Waals surface area (Å²) in [6.07, 6.45) is 0. The number of likely N-dealkylation sites (N-methyl/N-ethyl adjacent to an activating group) is 1. The van der Waals surface area contributed by atoms with E-state index in [9.17, 15) is 4.79 Å². The van der Waals surface area contributed by atoms with E-state index in [-0.39, 0.29) is 5.97 Å². The summed E-state index contributed by atoms with van der Waals surface area (Å²) in [5, 5.41) is 3.22. The zero-order valence-electron chi connectivity index (χ0n) is 11.6. The Balaban J connectivity index is 2.53. The molecular formula is C13H22N2O2S. The highest BCUT2D eigenvalue weighted by Gasteiger charge is 2.13. The van der Waals surface area contributed by atoms with Gasteiger partial charge in [0.15, 0.2) is 0 Å². The van der Waals surface area contributed by atoms with E-state index in [1.54, 1.807) is 11.3 Å². The molecule has 0 aliphatic heterocycles. The molecule has 1 rings (SSSR count). The highest BCUT2D eigenvalue weighted by Crippen LogP contribution is 2.19. The van der Waals surface area contributed by atoms with E-state index < -0.39 is 0 Å². The number of ether oxygens (including phenoxy) is 1. The predicted molar refractivity (Wildman–Crippen MR) is 73.8 cm³/mol. The van der Waals surface area contributed by atoms with Crippen LogP contribution >= 0.6 is 11.3 Å². The third-order valence-corrected chi connectivity index (χ3v) is 3.75. The van der Waals surface area contributed by atoms with Crippen LogP contribution in [-0.4, -0.2) is 35.5 Å². The summed E-state index contributed by atoms with van der Waals surface area (Å²) in [5.74, 6) is 0.294. The zero-order valence-corrected chi connectivity index (χ0v) is 12.4. The Morgan fingerprint density at radius 2 is 2.22 bits per heavy atom. The Morgan fingerprint density at radius 1 is 1.50 bits per heavy atom. The van der Waals surface area contributed by atoms with Crippen LogP contribution in [0.25, 0.3) is 0 Å². The summed E-state index contributed by atoms with van der Waals surface area (Å²) in [6, 6.07) is 0. The summed E-state index contributed by atoms with van der Waals surface area (Å²) in [5.41, 5.74) is 1.04. The van der Waals surface area contributed by atoms with Gasteiger partial charge in [0.1, 0.15) is 0 Å². The molecule has 1 heterocycles. The number of carbonyl (C=O) groups excluding carboxylic acids is 1. The fourth-order valence-electron chi connectivity index (χ4n) is 1.56. The Bertz CT molecular complexity index is 377. The molecule has 0 unspecified atom stereocenters. The Hall–Kier alpha value is -0.940. The normalized spacial score (nSPS) is 11.2. The van der Waals surface area contributed by atoms with Gasteiger partial charge < -0.3 is 4.74 Å². The van der Waals surface area contributed by atoms with Crippen LogP contribution in [0, 0.1) is 0 Å². The highest BCUT2D eigenvalue weighted by molar-refractivity contribution is 7.09. The summed E-state index contributed by atoms with van der Waals surface area (Å²) in [7, 11) is 0. The lowest BCUT2D eigenvalue weighted by atomic mass is 10.2. The Kier molecular flexibility index (Phi) is 6.29. The van der Waals surface area contributed by atoms with Crippen molar-refractivity contribution in [1.82, 2.24) is 9.88 Å². The first-order valence-electron chi connectivity index (χ1n) is 6.39. The van der Waals surface area contributed by atoms with Crippen molar-refractivity contribution in [3.05, 3.63) is 16.1 Å². The molecule has 0 aromatic carbocycles. The smallest absolute Gasteiger partial charge is 0.320 e. The van der Waals surface area contributed by atoms with Crippen molar-refractivity contribution < 1.29 is 9.53 Å². The number of hydrogen-bond acceptors (Lipinski definition) is 5. The topological polar surface area (TPSA) is 42.4 Å². The largest absolute Gasteiger partial charge is 0.465 e. The van der Waals surface area contributed by atoms with Gasteiger partial charge in [-0.1, -0.05) is 20.8 Å². The van der Waals surface area contributed by atoms with Crippen LogP contribution in [0.2, 0.25) is 0 Å². The summed E-state index contributed by atoms with van der Waals surface area (Å²) < 4.78 is 4.96. The van der Waals surface area contributed by atoms with Gasteiger partial charge in [-0.05, 0) is 13.5 Å². The molecule has 0 aliphatic rings. The molecule has 0 amide bonds. The molecule has 0 aliphatic carbocycles. The zero-order chi connectivity index (χ0) is 13.5. The number of nitrogens with zero attached hydrogens (tertiary/aromatic N) is 2. The van der Waals surface area contributed by atoms with Gasteiger partial charge in [0.05, 0.1) is 23.9 Å². The lowest BCUT2D eigenvalue weighted by molar-refractivity contribution is -0.144. The van der Waals surface area contributed by atoms with Gasteiger partial charge in [-0.15, -0.1) is 11.3 Å². The monoisotopic (exact) mass is 270 g/mol. The molecule has 0 N–H and O–H groups in total. The number of hydrogen-bond donors (Lipinski definition) is 0. The average Bonchev–Trinajstić information content (AvgIpc) is 2.77. The molecule has 0 saturated heterocycles. The molecule has 1 aromatic heterocycles. The van der Waals surface area contributed by atoms with Gasteiger partial charge in [-0.25, -0.2) is 4.98 Å². The van der Waals surface area contributed by atoms with Crippen LogP contribution < -0.4 is 0 Å². The summed E-state index contributed by atoms with van der Waals surface area (Å²) >= 11 is 1.69. The van der Waals surface area contributed by atoms with E-state index >= 15 is 0 Å². The molecule has 0 atom stereocenters. The predicted octanol–water partition coefficient (Wildman–Crippen LogP) is 2.65. The van der Waals surface area contributed by atoms with Crippen molar-refractivity contribution in [2.45, 2.75) is 40.2 Å². The SMILES string of the molecule is CCOC(=O)CN(CC)Cc1csc(C(C)C)n1. The Morgan fingerprint density at radius 3 is 2.72 bits per heavy atom. The molecule has 0 fully saturated rings. The highest BCUT2D eigenvalue weighted by atomic mass is 32.1. The number of esters is 1. The molecule has 0 radical (unpaired) electrons. The maximum Gasteiger partial charge on any atom is 0.320 e. The molecule has 5 heteroatoms. The van der Waals surface area contributed by atoms with Gasteiger partial charge in [0.2, 0.25) is 0 Å². The van der Waals surface area contributed by atoms with Gasteiger partial charge in [-0.2, -0.15) is 0 Å². The molecule has 4 nitrogen and oxygen atoms in total. The molecule has 0 saturated carbocycles. The van der Waals surface area contributed by atoms with Crippen LogP contribution in [0.1, 0.15) is 44.3 Å². The molecule has 0 bridgehead atoms. The van der Waals surface area contributed by atoms with Crippen LogP contribution in [-0.2, 0) is 16.1 Å². The quantitative estimate of drug-likeness (QED) is 0.714. The lowest BCUT2D eigenvalue weighted by Crippen LogP contribution is -2.30. The van der Waals surface area contributed by atoms with Crippen molar-refractivity contribution in [2.24, 2.45) is 0 Å². The molecule has 102 valence electrons. The maximum atomic E-state index is 11.4. The Labute approximate surface area is 113 Å². The van der Waals surface area contributed by atoms with E-state index in [1.807, 2.05) is 18.7 Å². The lowest BCUT2D eigenvalue weighted by Gasteiger charge is -2.17. The van der Waals surface area contributed by atoms with E-state index in [2.05, 4.69) is 24.2 Å². The molecular weight excluding hydrogens is 248 g/mol. The maximum absolute atomic E-state index is 11.4. The first-order chi connectivity index (χ1) is 8.56. The minimum atomic E-state index is -0.168. The number of rotatable bonds is 7. The van der Waals surface area contributed by atoms with E-state index in [0.717, 1.165) is 17.2 Å². The first kappa shape index (κ1) is 15.1. The van der Waals surface area contributed by atoms with Crippen LogP contribution in [0.5, 0.6) is 0 Å². The number of thiazole rings is 1.